The van der Waals surface area contributed by atoms with Crippen LogP contribution in [0.2, 0.25) is 5.02 Å². The highest BCUT2D eigenvalue weighted by atomic mass is 35.5. The van der Waals surface area contributed by atoms with Crippen LogP contribution >= 0.6 is 11.6 Å². The van der Waals surface area contributed by atoms with E-state index < -0.39 is 0 Å². The van der Waals surface area contributed by atoms with Crippen molar-refractivity contribution in [2.24, 2.45) is 0 Å². The van der Waals surface area contributed by atoms with Crippen LogP contribution in [0.3, 0.4) is 0 Å². The molecule has 1 aromatic heterocycles. The van der Waals surface area contributed by atoms with Crippen molar-refractivity contribution in [2.45, 2.75) is 6.42 Å². The monoisotopic (exact) mass is 249 g/mol. The van der Waals surface area contributed by atoms with Crippen LogP contribution in [0.15, 0.2) is 43.0 Å². The van der Waals surface area contributed by atoms with Crippen LogP contribution in [-0.2, 0) is 6.42 Å². The average Bonchev–Trinajstić information content (AvgIpc) is 2.57. The van der Waals surface area contributed by atoms with Crippen LogP contribution in [0, 0.1) is 0 Å². The molecular formula is C13H12ClNO2. The third-order valence-electron chi connectivity index (χ3n) is 2.48. The minimum absolute atomic E-state index is 0.0123. The Kier molecular flexibility index (Phi) is 3.11. The highest BCUT2D eigenvalue weighted by Gasteiger charge is 2.14. The van der Waals surface area contributed by atoms with Crippen molar-refractivity contribution >= 4 is 11.6 Å². The first-order valence-electron chi connectivity index (χ1n) is 5.13. The second-order valence-corrected chi connectivity index (χ2v) is 4.09. The lowest BCUT2D eigenvalue weighted by atomic mass is 10.2. The molecule has 0 aliphatic carbocycles. The smallest absolute Gasteiger partial charge is 0.202 e. The van der Waals surface area contributed by atoms with E-state index in [-0.39, 0.29) is 11.8 Å². The van der Waals surface area contributed by atoms with E-state index >= 15 is 0 Å². The van der Waals surface area contributed by atoms with E-state index in [0.717, 1.165) is 0 Å². The van der Waals surface area contributed by atoms with Crippen LogP contribution in [0.5, 0.6) is 11.8 Å². The summed E-state index contributed by atoms with van der Waals surface area (Å²) in [6, 6.07) is 8.36. The van der Waals surface area contributed by atoms with Crippen molar-refractivity contribution in [3.05, 3.63) is 53.6 Å². The van der Waals surface area contributed by atoms with E-state index in [1.165, 1.54) is 10.6 Å². The molecule has 0 fully saturated rings. The molecular weight excluding hydrogens is 238 g/mol. The van der Waals surface area contributed by atoms with Crippen molar-refractivity contribution in [3.63, 3.8) is 0 Å². The number of benzene rings is 1. The quantitative estimate of drug-likeness (QED) is 0.820. The van der Waals surface area contributed by atoms with Gasteiger partial charge in [0.05, 0.1) is 5.69 Å². The highest BCUT2D eigenvalue weighted by molar-refractivity contribution is 6.30. The molecule has 2 rings (SSSR count). The largest absolute Gasteiger partial charge is 0.494 e. The standard InChI is InChI=1S/C13H12ClNO2/c1-2-3-9-8-12(16)15(13(9)17)11-6-4-10(14)5-7-11/h2,4-8,16-17H,1,3H2. The van der Waals surface area contributed by atoms with E-state index in [1.807, 2.05) is 0 Å². The number of allylic oxidation sites excluding steroid dienone is 1. The SMILES string of the molecule is C=CCc1cc(O)n(-c2ccc(Cl)cc2)c1O. The Morgan fingerprint density at radius 3 is 2.47 bits per heavy atom. The lowest BCUT2D eigenvalue weighted by molar-refractivity contribution is 0.401. The summed E-state index contributed by atoms with van der Waals surface area (Å²) in [5.74, 6) is 0.00592. The van der Waals surface area contributed by atoms with Gasteiger partial charge in [0, 0.05) is 16.7 Å². The van der Waals surface area contributed by atoms with Gasteiger partial charge in [-0.1, -0.05) is 17.7 Å². The Morgan fingerprint density at radius 2 is 1.88 bits per heavy atom. The molecule has 2 N–H and O–H groups in total. The first-order valence-corrected chi connectivity index (χ1v) is 5.50. The Labute approximate surface area is 104 Å². The summed E-state index contributed by atoms with van der Waals surface area (Å²) in [5.41, 5.74) is 1.28. The van der Waals surface area contributed by atoms with E-state index in [2.05, 4.69) is 6.58 Å². The summed E-state index contributed by atoms with van der Waals surface area (Å²) >= 11 is 5.79. The molecule has 1 aromatic carbocycles. The zero-order chi connectivity index (χ0) is 12.4. The normalized spacial score (nSPS) is 10.4. The van der Waals surface area contributed by atoms with E-state index in [0.29, 0.717) is 22.7 Å². The number of halogens is 1. The lowest BCUT2D eigenvalue weighted by Crippen LogP contribution is -1.92. The first kappa shape index (κ1) is 11.6. The van der Waals surface area contributed by atoms with Crippen LogP contribution in [-0.4, -0.2) is 14.8 Å². The summed E-state index contributed by atoms with van der Waals surface area (Å²) < 4.78 is 1.36. The number of rotatable bonds is 3. The topological polar surface area (TPSA) is 45.4 Å². The fraction of sp³-hybridized carbons (Fsp3) is 0.0769. The number of aromatic nitrogens is 1. The van der Waals surface area contributed by atoms with Gasteiger partial charge >= 0.3 is 0 Å². The first-order chi connectivity index (χ1) is 8.13. The second kappa shape index (κ2) is 4.55. The van der Waals surface area contributed by atoms with Gasteiger partial charge in [0.15, 0.2) is 5.88 Å². The Hall–Kier alpha value is -1.87. The van der Waals surface area contributed by atoms with Gasteiger partial charge in [-0.2, -0.15) is 0 Å². The molecule has 0 aliphatic heterocycles. The number of nitrogens with zero attached hydrogens (tertiary/aromatic N) is 1. The third-order valence-corrected chi connectivity index (χ3v) is 2.73. The van der Waals surface area contributed by atoms with Gasteiger partial charge in [0.25, 0.3) is 0 Å². The maximum atomic E-state index is 9.99. The predicted octanol–water partition coefficient (Wildman–Crippen LogP) is 3.27. The highest BCUT2D eigenvalue weighted by Crippen LogP contribution is 2.32. The van der Waals surface area contributed by atoms with E-state index in [9.17, 15) is 10.2 Å². The molecule has 0 saturated carbocycles. The van der Waals surface area contributed by atoms with Crippen molar-refractivity contribution in [2.75, 3.05) is 0 Å². The molecule has 0 aliphatic rings. The average molecular weight is 250 g/mol. The molecule has 0 atom stereocenters. The predicted molar refractivity (Wildman–Crippen MR) is 68.0 cm³/mol. The minimum atomic E-state index is -0.0123. The number of aromatic hydroxyl groups is 2. The molecule has 0 spiro atoms. The van der Waals surface area contributed by atoms with Crippen LogP contribution in [0.1, 0.15) is 5.56 Å². The summed E-state index contributed by atoms with van der Waals surface area (Å²) in [6.45, 7) is 3.60. The molecule has 0 amide bonds. The van der Waals surface area contributed by atoms with E-state index in [4.69, 9.17) is 11.6 Å². The molecule has 2 aromatic rings. The maximum Gasteiger partial charge on any atom is 0.202 e. The van der Waals surface area contributed by atoms with Crippen molar-refractivity contribution in [1.82, 2.24) is 4.57 Å². The van der Waals surface area contributed by atoms with Crippen molar-refractivity contribution in [3.8, 4) is 17.4 Å². The molecule has 4 heteroatoms. The second-order valence-electron chi connectivity index (χ2n) is 3.66. The molecule has 17 heavy (non-hydrogen) atoms. The zero-order valence-electron chi connectivity index (χ0n) is 9.10. The van der Waals surface area contributed by atoms with Gasteiger partial charge in [0.2, 0.25) is 5.88 Å². The summed E-state index contributed by atoms with van der Waals surface area (Å²) in [5, 5.41) is 20.4. The van der Waals surface area contributed by atoms with Gasteiger partial charge in [0.1, 0.15) is 0 Å². The molecule has 1 heterocycles. The molecule has 0 radical (unpaired) electrons. The van der Waals surface area contributed by atoms with Crippen molar-refractivity contribution in [1.29, 1.82) is 0 Å². The molecule has 3 nitrogen and oxygen atoms in total. The molecule has 88 valence electrons. The van der Waals surface area contributed by atoms with Crippen LogP contribution in [0.4, 0.5) is 0 Å². The number of hydrogen-bond acceptors (Lipinski definition) is 2. The number of hydrogen-bond donors (Lipinski definition) is 2. The van der Waals surface area contributed by atoms with Gasteiger partial charge in [-0.15, -0.1) is 6.58 Å². The van der Waals surface area contributed by atoms with E-state index in [1.54, 1.807) is 30.3 Å². The summed E-state index contributed by atoms with van der Waals surface area (Å²) in [4.78, 5) is 0. The molecule has 0 bridgehead atoms. The zero-order valence-corrected chi connectivity index (χ0v) is 9.85. The Bertz CT molecular complexity index is 543. The minimum Gasteiger partial charge on any atom is -0.494 e. The fourth-order valence-electron chi connectivity index (χ4n) is 1.69. The van der Waals surface area contributed by atoms with Gasteiger partial charge in [-0.3, -0.25) is 4.57 Å². The molecule has 0 saturated heterocycles. The van der Waals surface area contributed by atoms with Crippen LogP contribution < -0.4 is 0 Å². The Morgan fingerprint density at radius 1 is 1.24 bits per heavy atom. The van der Waals surface area contributed by atoms with Crippen LogP contribution in [0.25, 0.3) is 5.69 Å². The fourth-order valence-corrected chi connectivity index (χ4v) is 1.81. The summed E-state index contributed by atoms with van der Waals surface area (Å²) in [7, 11) is 0. The van der Waals surface area contributed by atoms with Gasteiger partial charge in [-0.05, 0) is 30.7 Å². The maximum absolute atomic E-state index is 9.99. The third kappa shape index (κ3) is 2.15. The van der Waals surface area contributed by atoms with Crippen molar-refractivity contribution < 1.29 is 10.2 Å². The molecule has 0 unspecified atom stereocenters. The van der Waals surface area contributed by atoms with Gasteiger partial charge in [-0.25, -0.2) is 0 Å². The van der Waals surface area contributed by atoms with Gasteiger partial charge < -0.3 is 10.2 Å². The Balaban J connectivity index is 2.51. The lowest BCUT2D eigenvalue weighted by Gasteiger charge is -2.06. The summed E-state index contributed by atoms with van der Waals surface area (Å²) in [6.07, 6.45) is 2.17.